The van der Waals surface area contributed by atoms with Gasteiger partial charge in [0.1, 0.15) is 5.65 Å². The number of aliphatic hydroxyl groups excluding tert-OH is 1. The molecule has 2 heterocycles. The van der Waals surface area contributed by atoms with Gasteiger partial charge in [-0.1, -0.05) is 31.2 Å². The molecule has 1 aromatic carbocycles. The Bertz CT molecular complexity index is 906. The normalized spacial score (nSPS) is 12.3. The molecule has 25 heavy (non-hydrogen) atoms. The van der Waals surface area contributed by atoms with Crippen LogP contribution in [0.3, 0.4) is 0 Å². The number of aliphatic hydroxyl groups is 1. The molecule has 5 nitrogen and oxygen atoms in total. The van der Waals surface area contributed by atoms with Crippen LogP contribution >= 0.6 is 0 Å². The van der Waals surface area contributed by atoms with Crippen molar-refractivity contribution in [3.05, 3.63) is 76.3 Å². The van der Waals surface area contributed by atoms with E-state index in [1.54, 1.807) is 16.7 Å². The Balaban J connectivity index is 1.95. The number of hydrogen-bond donors (Lipinski definition) is 1. The highest BCUT2D eigenvalue weighted by atomic mass is 16.3. The highest BCUT2D eigenvalue weighted by Crippen LogP contribution is 2.17. The fraction of sp³-hybridized carbons (Fsp3) is 0.300. The first-order valence-corrected chi connectivity index (χ1v) is 8.54. The minimum atomic E-state index is -0.426. The molecular weight excluding hydrogens is 314 g/mol. The standard InChI is InChI=1S/C20H23N3O2/c1-3-18(24)14-22(17-7-5-4-6-8-17)13-16-11-20(25)23-12-15(2)9-10-19(23)21-16/h4-12,18,24H,3,13-14H2,1-2H3. The fourth-order valence-corrected chi connectivity index (χ4v) is 2.82. The first kappa shape index (κ1) is 17.2. The largest absolute Gasteiger partial charge is 0.391 e. The molecule has 0 amide bonds. The second-order valence-corrected chi connectivity index (χ2v) is 6.30. The molecule has 3 rings (SSSR count). The average Bonchev–Trinajstić information content (AvgIpc) is 2.62. The van der Waals surface area contributed by atoms with Gasteiger partial charge in [0, 0.05) is 24.5 Å². The molecule has 0 saturated heterocycles. The van der Waals surface area contributed by atoms with E-state index in [2.05, 4.69) is 9.88 Å². The third kappa shape index (κ3) is 4.06. The van der Waals surface area contributed by atoms with Crippen molar-refractivity contribution < 1.29 is 5.11 Å². The number of para-hydroxylation sites is 1. The maximum absolute atomic E-state index is 12.4. The summed E-state index contributed by atoms with van der Waals surface area (Å²) in [4.78, 5) is 19.1. The lowest BCUT2D eigenvalue weighted by molar-refractivity contribution is 0.175. The average molecular weight is 337 g/mol. The second kappa shape index (κ2) is 7.49. The van der Waals surface area contributed by atoms with Crippen LogP contribution in [-0.2, 0) is 6.54 Å². The molecule has 3 aromatic rings. The van der Waals surface area contributed by atoms with Crippen molar-refractivity contribution in [2.75, 3.05) is 11.4 Å². The van der Waals surface area contributed by atoms with E-state index in [-0.39, 0.29) is 5.56 Å². The number of hydrogen-bond acceptors (Lipinski definition) is 4. The lowest BCUT2D eigenvalue weighted by atomic mass is 10.2. The molecule has 1 unspecified atom stereocenters. The van der Waals surface area contributed by atoms with Crippen LogP contribution in [0.5, 0.6) is 0 Å². The highest BCUT2D eigenvalue weighted by Gasteiger charge is 2.13. The first-order chi connectivity index (χ1) is 12.1. The van der Waals surface area contributed by atoms with E-state index >= 15 is 0 Å². The summed E-state index contributed by atoms with van der Waals surface area (Å²) in [7, 11) is 0. The molecule has 2 aromatic heterocycles. The lowest BCUT2D eigenvalue weighted by Crippen LogP contribution is -2.32. The zero-order chi connectivity index (χ0) is 17.8. The van der Waals surface area contributed by atoms with Crippen molar-refractivity contribution in [1.29, 1.82) is 0 Å². The number of nitrogens with zero attached hydrogens (tertiary/aromatic N) is 3. The summed E-state index contributed by atoms with van der Waals surface area (Å²) in [6.45, 7) is 4.87. The summed E-state index contributed by atoms with van der Waals surface area (Å²) < 4.78 is 1.56. The number of pyridine rings is 1. The SMILES string of the molecule is CCC(O)CN(Cc1cc(=O)n2cc(C)ccc2n1)c1ccccc1. The van der Waals surface area contributed by atoms with Gasteiger partial charge in [0.25, 0.3) is 5.56 Å². The van der Waals surface area contributed by atoms with E-state index < -0.39 is 6.10 Å². The number of aryl methyl sites for hydroxylation is 1. The quantitative estimate of drug-likeness (QED) is 0.751. The third-order valence-corrected chi connectivity index (χ3v) is 4.24. The summed E-state index contributed by atoms with van der Waals surface area (Å²) in [6, 6.07) is 15.3. The molecule has 0 aliphatic heterocycles. The number of rotatable bonds is 6. The van der Waals surface area contributed by atoms with E-state index in [9.17, 15) is 9.90 Å². The van der Waals surface area contributed by atoms with Crippen LogP contribution in [-0.4, -0.2) is 27.1 Å². The predicted molar refractivity (Wildman–Crippen MR) is 100.0 cm³/mol. The van der Waals surface area contributed by atoms with Gasteiger partial charge >= 0.3 is 0 Å². The van der Waals surface area contributed by atoms with Crippen LogP contribution in [0.2, 0.25) is 0 Å². The summed E-state index contributed by atoms with van der Waals surface area (Å²) in [5.74, 6) is 0. The predicted octanol–water partition coefficient (Wildman–Crippen LogP) is 2.78. The van der Waals surface area contributed by atoms with Crippen LogP contribution in [0.25, 0.3) is 5.65 Å². The first-order valence-electron chi connectivity index (χ1n) is 8.54. The third-order valence-electron chi connectivity index (χ3n) is 4.24. The van der Waals surface area contributed by atoms with Gasteiger partial charge in [-0.05, 0) is 37.1 Å². The minimum Gasteiger partial charge on any atom is -0.391 e. The monoisotopic (exact) mass is 337 g/mol. The van der Waals surface area contributed by atoms with Crippen molar-refractivity contribution in [2.24, 2.45) is 0 Å². The van der Waals surface area contributed by atoms with Crippen LogP contribution < -0.4 is 10.5 Å². The molecule has 0 saturated carbocycles. The molecule has 1 N–H and O–H groups in total. The van der Waals surface area contributed by atoms with Crippen LogP contribution in [0, 0.1) is 6.92 Å². The number of benzene rings is 1. The Kier molecular flexibility index (Phi) is 5.14. The van der Waals surface area contributed by atoms with E-state index in [1.165, 1.54) is 0 Å². The molecule has 0 fully saturated rings. The highest BCUT2D eigenvalue weighted by molar-refractivity contribution is 5.47. The topological polar surface area (TPSA) is 57.8 Å². The Morgan fingerprint density at radius 2 is 1.96 bits per heavy atom. The Morgan fingerprint density at radius 3 is 2.68 bits per heavy atom. The summed E-state index contributed by atoms with van der Waals surface area (Å²) in [5.41, 5.74) is 3.26. The number of fused-ring (bicyclic) bond motifs is 1. The molecular formula is C20H23N3O2. The minimum absolute atomic E-state index is 0.0900. The zero-order valence-electron chi connectivity index (χ0n) is 14.6. The van der Waals surface area contributed by atoms with Crippen LogP contribution in [0.15, 0.2) is 59.5 Å². The molecule has 0 aliphatic carbocycles. The van der Waals surface area contributed by atoms with Gasteiger partial charge in [0.2, 0.25) is 0 Å². The maximum atomic E-state index is 12.4. The van der Waals surface area contributed by atoms with Crippen molar-refractivity contribution in [2.45, 2.75) is 32.9 Å². The van der Waals surface area contributed by atoms with Gasteiger partial charge in [-0.15, -0.1) is 0 Å². The molecule has 0 radical (unpaired) electrons. The zero-order valence-corrected chi connectivity index (χ0v) is 14.6. The van der Waals surface area contributed by atoms with Crippen molar-refractivity contribution in [3.63, 3.8) is 0 Å². The molecule has 130 valence electrons. The van der Waals surface area contributed by atoms with Crippen LogP contribution in [0.4, 0.5) is 5.69 Å². The summed E-state index contributed by atoms with van der Waals surface area (Å²) >= 11 is 0. The molecule has 0 bridgehead atoms. The summed E-state index contributed by atoms with van der Waals surface area (Å²) in [6.07, 6.45) is 2.05. The number of anilines is 1. The Labute approximate surface area is 147 Å². The molecule has 1 atom stereocenters. The summed E-state index contributed by atoms with van der Waals surface area (Å²) in [5, 5.41) is 10.1. The van der Waals surface area contributed by atoms with Crippen LogP contribution in [0.1, 0.15) is 24.6 Å². The van der Waals surface area contributed by atoms with E-state index in [1.807, 2.05) is 56.3 Å². The molecule has 5 heteroatoms. The van der Waals surface area contributed by atoms with Gasteiger partial charge in [-0.2, -0.15) is 0 Å². The second-order valence-electron chi connectivity index (χ2n) is 6.30. The Morgan fingerprint density at radius 1 is 1.20 bits per heavy atom. The number of aromatic nitrogens is 2. The van der Waals surface area contributed by atoms with Crippen molar-refractivity contribution >= 4 is 11.3 Å². The van der Waals surface area contributed by atoms with Gasteiger partial charge in [0.05, 0.1) is 18.3 Å². The molecule has 0 spiro atoms. The van der Waals surface area contributed by atoms with Gasteiger partial charge in [-0.3, -0.25) is 9.20 Å². The Hall–Kier alpha value is -2.66. The van der Waals surface area contributed by atoms with Gasteiger partial charge in [-0.25, -0.2) is 4.98 Å². The van der Waals surface area contributed by atoms with Gasteiger partial charge < -0.3 is 10.0 Å². The van der Waals surface area contributed by atoms with E-state index in [0.29, 0.717) is 30.9 Å². The van der Waals surface area contributed by atoms with Crippen molar-refractivity contribution in [1.82, 2.24) is 9.38 Å². The van der Waals surface area contributed by atoms with E-state index in [4.69, 9.17) is 0 Å². The van der Waals surface area contributed by atoms with E-state index in [0.717, 1.165) is 11.3 Å². The molecule has 0 aliphatic rings. The maximum Gasteiger partial charge on any atom is 0.258 e. The lowest BCUT2D eigenvalue weighted by Gasteiger charge is -2.26. The smallest absolute Gasteiger partial charge is 0.258 e. The van der Waals surface area contributed by atoms with Gasteiger partial charge in [0.15, 0.2) is 0 Å². The van der Waals surface area contributed by atoms with Crippen molar-refractivity contribution in [3.8, 4) is 0 Å². The fourth-order valence-electron chi connectivity index (χ4n) is 2.82.